The highest BCUT2D eigenvalue weighted by Crippen LogP contribution is 2.28. The van der Waals surface area contributed by atoms with E-state index < -0.39 is 10.0 Å². The second kappa shape index (κ2) is 8.22. The summed E-state index contributed by atoms with van der Waals surface area (Å²) in [4.78, 5) is 0.0291. The predicted octanol–water partition coefficient (Wildman–Crippen LogP) is 2.68. The van der Waals surface area contributed by atoms with Crippen LogP contribution in [0.4, 0.5) is 0 Å². The first-order valence-corrected chi connectivity index (χ1v) is 9.28. The minimum Gasteiger partial charge on any atom is -0.497 e. The molecule has 0 aliphatic rings. The van der Waals surface area contributed by atoms with Gasteiger partial charge < -0.3 is 14.2 Å². The fourth-order valence-electron chi connectivity index (χ4n) is 2.43. The molecule has 0 heterocycles. The van der Waals surface area contributed by atoms with Crippen molar-refractivity contribution in [3.63, 3.8) is 0 Å². The van der Waals surface area contributed by atoms with Crippen LogP contribution in [0.3, 0.4) is 0 Å². The van der Waals surface area contributed by atoms with Gasteiger partial charge in [0.05, 0.1) is 14.2 Å². The largest absolute Gasteiger partial charge is 0.497 e. The van der Waals surface area contributed by atoms with Gasteiger partial charge in [0.2, 0.25) is 10.0 Å². The van der Waals surface area contributed by atoms with Crippen molar-refractivity contribution in [2.24, 2.45) is 0 Å². The molecule has 2 rings (SSSR count). The summed E-state index contributed by atoms with van der Waals surface area (Å²) in [5.41, 5.74) is 2.02. The number of ether oxygens (including phenoxy) is 3. The van der Waals surface area contributed by atoms with E-state index >= 15 is 0 Å². The van der Waals surface area contributed by atoms with Crippen molar-refractivity contribution in [1.29, 1.82) is 0 Å². The first kappa shape index (κ1) is 19.1. The van der Waals surface area contributed by atoms with Crippen LogP contribution in [0.5, 0.6) is 17.2 Å². The van der Waals surface area contributed by atoms with E-state index in [0.29, 0.717) is 5.75 Å². The summed E-state index contributed by atoms with van der Waals surface area (Å²) in [6.45, 7) is 4.26. The number of methoxy groups -OCH3 is 2. The van der Waals surface area contributed by atoms with Gasteiger partial charge in [-0.2, -0.15) is 0 Å². The van der Waals surface area contributed by atoms with Crippen molar-refractivity contribution in [2.45, 2.75) is 18.7 Å². The molecule has 7 heteroatoms. The number of hydrogen-bond donors (Lipinski definition) is 1. The van der Waals surface area contributed by atoms with Crippen LogP contribution in [0.25, 0.3) is 0 Å². The zero-order chi connectivity index (χ0) is 18.4. The van der Waals surface area contributed by atoms with Crippen LogP contribution >= 0.6 is 0 Å². The minimum absolute atomic E-state index is 0.0291. The summed E-state index contributed by atoms with van der Waals surface area (Å²) >= 11 is 0. The Labute approximate surface area is 148 Å². The molecule has 0 aliphatic carbocycles. The minimum atomic E-state index is -3.75. The molecule has 0 atom stereocenters. The molecule has 6 nitrogen and oxygen atoms in total. The van der Waals surface area contributed by atoms with E-state index in [-0.39, 0.29) is 23.8 Å². The van der Waals surface area contributed by atoms with E-state index in [1.54, 1.807) is 12.1 Å². The Morgan fingerprint density at radius 2 is 1.68 bits per heavy atom. The SMILES string of the molecule is COc1ccc(OC)c(S(=O)(=O)NCCOc2c(C)cccc2C)c1. The lowest BCUT2D eigenvalue weighted by molar-refractivity contribution is 0.318. The van der Waals surface area contributed by atoms with Crippen molar-refractivity contribution in [3.8, 4) is 17.2 Å². The summed E-state index contributed by atoms with van der Waals surface area (Å²) < 4.78 is 43.5. The molecule has 136 valence electrons. The molecule has 0 aliphatic heterocycles. The fourth-order valence-corrected chi connectivity index (χ4v) is 3.62. The van der Waals surface area contributed by atoms with Crippen LogP contribution in [-0.4, -0.2) is 35.8 Å². The van der Waals surface area contributed by atoms with Crippen molar-refractivity contribution in [2.75, 3.05) is 27.4 Å². The van der Waals surface area contributed by atoms with E-state index in [1.807, 2.05) is 32.0 Å². The molecule has 0 bridgehead atoms. The molecule has 2 aromatic rings. The number of nitrogens with one attached hydrogen (secondary N) is 1. The highest BCUT2D eigenvalue weighted by atomic mass is 32.2. The highest BCUT2D eigenvalue weighted by Gasteiger charge is 2.20. The van der Waals surface area contributed by atoms with Crippen LogP contribution in [0, 0.1) is 13.8 Å². The molecule has 0 radical (unpaired) electrons. The lowest BCUT2D eigenvalue weighted by Gasteiger charge is -2.14. The monoisotopic (exact) mass is 365 g/mol. The Kier molecular flexibility index (Phi) is 6.27. The van der Waals surface area contributed by atoms with Gasteiger partial charge in [0.1, 0.15) is 28.8 Å². The van der Waals surface area contributed by atoms with E-state index in [4.69, 9.17) is 14.2 Å². The van der Waals surface area contributed by atoms with Crippen LogP contribution in [-0.2, 0) is 10.0 Å². The Morgan fingerprint density at radius 3 is 2.28 bits per heavy atom. The summed E-state index contributed by atoms with van der Waals surface area (Å²) in [6, 6.07) is 10.5. The Bertz CT molecular complexity index is 813. The fraction of sp³-hybridized carbons (Fsp3) is 0.333. The molecule has 0 amide bonds. The van der Waals surface area contributed by atoms with Gasteiger partial charge in [-0.05, 0) is 37.1 Å². The topological polar surface area (TPSA) is 73.9 Å². The quantitative estimate of drug-likeness (QED) is 0.728. The molecular formula is C18H23NO5S. The molecule has 1 N–H and O–H groups in total. The standard InChI is InChI=1S/C18H23NO5S/c1-13-6-5-7-14(2)18(13)24-11-10-19-25(20,21)17-12-15(22-3)8-9-16(17)23-4/h5-9,12,19H,10-11H2,1-4H3. The Hall–Kier alpha value is -2.25. The number of aryl methyl sites for hydroxylation is 2. The maximum Gasteiger partial charge on any atom is 0.244 e. The van der Waals surface area contributed by atoms with Gasteiger partial charge in [-0.1, -0.05) is 18.2 Å². The third-order valence-electron chi connectivity index (χ3n) is 3.71. The second-order valence-corrected chi connectivity index (χ2v) is 7.22. The van der Waals surface area contributed by atoms with E-state index in [9.17, 15) is 8.42 Å². The average molecular weight is 365 g/mol. The number of sulfonamides is 1. The van der Waals surface area contributed by atoms with E-state index in [0.717, 1.165) is 16.9 Å². The molecule has 0 saturated carbocycles. The normalized spacial score (nSPS) is 11.2. The maximum absolute atomic E-state index is 12.5. The van der Waals surface area contributed by atoms with E-state index in [1.165, 1.54) is 20.3 Å². The van der Waals surface area contributed by atoms with Crippen LogP contribution in [0.1, 0.15) is 11.1 Å². The van der Waals surface area contributed by atoms with Gasteiger partial charge in [-0.3, -0.25) is 0 Å². The summed E-state index contributed by atoms with van der Waals surface area (Å²) in [6.07, 6.45) is 0. The summed E-state index contributed by atoms with van der Waals surface area (Å²) in [5, 5.41) is 0. The van der Waals surface area contributed by atoms with Crippen molar-refractivity contribution >= 4 is 10.0 Å². The number of rotatable bonds is 8. The maximum atomic E-state index is 12.5. The van der Waals surface area contributed by atoms with Gasteiger partial charge in [0.15, 0.2) is 0 Å². The third kappa shape index (κ3) is 4.64. The lowest BCUT2D eigenvalue weighted by atomic mass is 10.1. The average Bonchev–Trinajstić information content (AvgIpc) is 2.60. The molecule has 2 aromatic carbocycles. The van der Waals surface area contributed by atoms with Gasteiger partial charge in [-0.25, -0.2) is 13.1 Å². The number of hydrogen-bond acceptors (Lipinski definition) is 5. The molecular weight excluding hydrogens is 342 g/mol. The van der Waals surface area contributed by atoms with Crippen LogP contribution in [0.15, 0.2) is 41.3 Å². The summed E-state index contributed by atoms with van der Waals surface area (Å²) in [7, 11) is -0.848. The van der Waals surface area contributed by atoms with Crippen LogP contribution < -0.4 is 18.9 Å². The number of para-hydroxylation sites is 1. The Balaban J connectivity index is 2.05. The van der Waals surface area contributed by atoms with Crippen molar-refractivity contribution in [1.82, 2.24) is 4.72 Å². The predicted molar refractivity (Wildman–Crippen MR) is 96.1 cm³/mol. The highest BCUT2D eigenvalue weighted by molar-refractivity contribution is 7.89. The van der Waals surface area contributed by atoms with Crippen molar-refractivity contribution in [3.05, 3.63) is 47.5 Å². The summed E-state index contributed by atoms with van der Waals surface area (Å²) in [5.74, 6) is 1.47. The number of benzene rings is 2. The van der Waals surface area contributed by atoms with Crippen LogP contribution in [0.2, 0.25) is 0 Å². The molecule has 25 heavy (non-hydrogen) atoms. The van der Waals surface area contributed by atoms with Gasteiger partial charge in [0, 0.05) is 12.6 Å². The zero-order valence-electron chi connectivity index (χ0n) is 14.8. The second-order valence-electron chi connectivity index (χ2n) is 5.48. The molecule has 0 aromatic heterocycles. The first-order chi connectivity index (χ1) is 11.9. The van der Waals surface area contributed by atoms with Gasteiger partial charge >= 0.3 is 0 Å². The van der Waals surface area contributed by atoms with Gasteiger partial charge in [-0.15, -0.1) is 0 Å². The van der Waals surface area contributed by atoms with E-state index in [2.05, 4.69) is 4.72 Å². The lowest BCUT2D eigenvalue weighted by Crippen LogP contribution is -2.28. The molecule has 0 fully saturated rings. The smallest absolute Gasteiger partial charge is 0.244 e. The third-order valence-corrected chi connectivity index (χ3v) is 5.19. The zero-order valence-corrected chi connectivity index (χ0v) is 15.6. The van der Waals surface area contributed by atoms with Gasteiger partial charge in [0.25, 0.3) is 0 Å². The molecule has 0 spiro atoms. The molecule has 0 saturated heterocycles. The first-order valence-electron chi connectivity index (χ1n) is 7.79. The Morgan fingerprint density at radius 1 is 1.00 bits per heavy atom. The van der Waals surface area contributed by atoms with Crippen molar-refractivity contribution < 1.29 is 22.6 Å². The molecule has 0 unspecified atom stereocenters.